The van der Waals surface area contributed by atoms with Crippen LogP contribution in [0.15, 0.2) is 29.6 Å². The summed E-state index contributed by atoms with van der Waals surface area (Å²) in [5.41, 5.74) is 3.31. The van der Waals surface area contributed by atoms with Crippen molar-refractivity contribution in [2.24, 2.45) is 5.92 Å². The Morgan fingerprint density at radius 3 is 2.70 bits per heavy atom. The molecule has 124 valence electrons. The van der Waals surface area contributed by atoms with Gasteiger partial charge in [0.15, 0.2) is 5.13 Å². The molecule has 4 nitrogen and oxygen atoms in total. The molecule has 23 heavy (non-hydrogen) atoms. The fraction of sp³-hybridized carbons (Fsp3) is 0.412. The van der Waals surface area contributed by atoms with E-state index >= 15 is 0 Å². The van der Waals surface area contributed by atoms with E-state index in [1.165, 1.54) is 29.7 Å². The summed E-state index contributed by atoms with van der Waals surface area (Å²) >= 11 is 1.46. The highest BCUT2D eigenvalue weighted by Crippen LogP contribution is 2.27. The maximum Gasteiger partial charge on any atom is 0.240 e. The van der Waals surface area contributed by atoms with Crippen LogP contribution in [-0.2, 0) is 11.2 Å². The van der Waals surface area contributed by atoms with Crippen molar-refractivity contribution >= 4 is 34.8 Å². The van der Waals surface area contributed by atoms with Crippen LogP contribution in [0.5, 0.6) is 0 Å². The van der Waals surface area contributed by atoms with E-state index in [9.17, 15) is 4.79 Å². The minimum atomic E-state index is -0.0251. The number of anilines is 1. The first-order valence-electron chi connectivity index (χ1n) is 7.80. The Labute approximate surface area is 147 Å². The van der Waals surface area contributed by atoms with Gasteiger partial charge in [-0.3, -0.25) is 4.79 Å². The molecule has 3 rings (SSSR count). The third-order valence-corrected chi connectivity index (χ3v) is 4.58. The van der Waals surface area contributed by atoms with Gasteiger partial charge in [-0.15, -0.1) is 23.7 Å². The average molecular weight is 352 g/mol. The van der Waals surface area contributed by atoms with E-state index < -0.39 is 0 Å². The summed E-state index contributed by atoms with van der Waals surface area (Å²) in [6.07, 6.45) is 3.62. The molecule has 0 unspecified atom stereocenters. The Hall–Kier alpha value is -1.43. The fourth-order valence-electron chi connectivity index (χ4n) is 2.25. The number of carbonyl (C=O) groups excluding carboxylic acids is 1. The van der Waals surface area contributed by atoms with Crippen molar-refractivity contribution in [3.63, 3.8) is 0 Å². The largest absolute Gasteiger partial charge is 0.308 e. The van der Waals surface area contributed by atoms with Crippen LogP contribution in [0.2, 0.25) is 0 Å². The number of aryl methyl sites for hydroxylation is 1. The van der Waals surface area contributed by atoms with Crippen LogP contribution in [0, 0.1) is 5.92 Å². The van der Waals surface area contributed by atoms with E-state index in [0.29, 0.717) is 11.7 Å². The number of thiazole rings is 1. The van der Waals surface area contributed by atoms with Crippen LogP contribution >= 0.6 is 23.7 Å². The number of nitrogens with zero attached hydrogens (tertiary/aromatic N) is 1. The molecule has 2 aromatic rings. The number of carbonyl (C=O) groups is 1. The van der Waals surface area contributed by atoms with E-state index in [2.05, 4.69) is 46.8 Å². The first-order valence-corrected chi connectivity index (χ1v) is 8.68. The highest BCUT2D eigenvalue weighted by atomic mass is 35.5. The lowest BCUT2D eigenvalue weighted by atomic mass is 10.1. The maximum atomic E-state index is 11.8. The summed E-state index contributed by atoms with van der Waals surface area (Å²) in [5.74, 6) is 0.758. The number of benzene rings is 1. The number of amides is 1. The van der Waals surface area contributed by atoms with Crippen LogP contribution in [-0.4, -0.2) is 24.0 Å². The molecule has 2 N–H and O–H groups in total. The third-order valence-electron chi connectivity index (χ3n) is 3.82. The van der Waals surface area contributed by atoms with Crippen LogP contribution in [0.3, 0.4) is 0 Å². The zero-order valence-corrected chi connectivity index (χ0v) is 14.8. The molecule has 1 aliphatic rings. The molecule has 1 aromatic heterocycles. The highest BCUT2D eigenvalue weighted by molar-refractivity contribution is 7.14. The molecule has 6 heteroatoms. The van der Waals surface area contributed by atoms with E-state index in [4.69, 9.17) is 0 Å². The predicted octanol–water partition coefficient (Wildman–Crippen LogP) is 3.73. The van der Waals surface area contributed by atoms with Crippen molar-refractivity contribution < 1.29 is 4.79 Å². The molecular weight excluding hydrogens is 330 g/mol. The minimum absolute atomic E-state index is 0. The summed E-state index contributed by atoms with van der Waals surface area (Å²) in [5, 5.41) is 8.68. The zero-order chi connectivity index (χ0) is 15.4. The second kappa shape index (κ2) is 8.43. The number of hydrogen-bond donors (Lipinski definition) is 2. The summed E-state index contributed by atoms with van der Waals surface area (Å²) in [6, 6.07) is 8.40. The second-order valence-corrected chi connectivity index (χ2v) is 6.57. The van der Waals surface area contributed by atoms with Crippen molar-refractivity contribution in [3.05, 3.63) is 35.2 Å². The summed E-state index contributed by atoms with van der Waals surface area (Å²) in [7, 11) is 0. The molecule has 0 spiro atoms. The lowest BCUT2D eigenvalue weighted by Crippen LogP contribution is -2.29. The molecule has 0 aliphatic heterocycles. The predicted molar refractivity (Wildman–Crippen MR) is 98.4 cm³/mol. The van der Waals surface area contributed by atoms with E-state index in [1.54, 1.807) is 0 Å². The average Bonchev–Trinajstić information content (AvgIpc) is 3.24. The van der Waals surface area contributed by atoms with Gasteiger partial charge < -0.3 is 10.6 Å². The van der Waals surface area contributed by atoms with E-state index in [0.717, 1.165) is 30.1 Å². The molecule has 1 aromatic carbocycles. The van der Waals surface area contributed by atoms with Gasteiger partial charge in [0.25, 0.3) is 0 Å². The molecule has 1 aliphatic carbocycles. The smallest absolute Gasteiger partial charge is 0.240 e. The molecular formula is C17H22ClN3OS. The Morgan fingerprint density at radius 1 is 1.30 bits per heavy atom. The molecule has 1 amide bonds. The SMILES string of the molecule is CCc1ccc(-c2csc(NC(=O)CNCC3CC3)n2)cc1.Cl. The lowest BCUT2D eigenvalue weighted by molar-refractivity contribution is -0.115. The molecule has 0 bridgehead atoms. The van der Waals surface area contributed by atoms with Crippen LogP contribution in [0.25, 0.3) is 11.3 Å². The maximum absolute atomic E-state index is 11.8. The Kier molecular flexibility index (Phi) is 6.57. The molecule has 1 heterocycles. The van der Waals surface area contributed by atoms with Gasteiger partial charge in [-0.05, 0) is 37.3 Å². The van der Waals surface area contributed by atoms with Gasteiger partial charge >= 0.3 is 0 Å². The third kappa shape index (κ3) is 5.30. The van der Waals surface area contributed by atoms with E-state index in [-0.39, 0.29) is 18.3 Å². The zero-order valence-electron chi connectivity index (χ0n) is 13.2. The first kappa shape index (κ1) is 17.9. The summed E-state index contributed by atoms with van der Waals surface area (Å²) in [6.45, 7) is 3.44. The van der Waals surface area contributed by atoms with Crippen molar-refractivity contribution in [1.82, 2.24) is 10.3 Å². The van der Waals surface area contributed by atoms with Crippen LogP contribution in [0.1, 0.15) is 25.3 Å². The number of nitrogens with one attached hydrogen (secondary N) is 2. The summed E-state index contributed by atoms with van der Waals surface area (Å²) < 4.78 is 0. The van der Waals surface area contributed by atoms with Crippen molar-refractivity contribution in [1.29, 1.82) is 0 Å². The highest BCUT2D eigenvalue weighted by Gasteiger charge is 2.20. The second-order valence-electron chi connectivity index (χ2n) is 5.71. The monoisotopic (exact) mass is 351 g/mol. The molecule has 1 fully saturated rings. The van der Waals surface area contributed by atoms with E-state index in [1.807, 2.05) is 5.38 Å². The van der Waals surface area contributed by atoms with Gasteiger partial charge in [0, 0.05) is 10.9 Å². The molecule has 0 atom stereocenters. The van der Waals surface area contributed by atoms with Gasteiger partial charge in [0.05, 0.1) is 12.2 Å². The van der Waals surface area contributed by atoms with Crippen LogP contribution < -0.4 is 10.6 Å². The molecule has 0 radical (unpaired) electrons. The van der Waals surface area contributed by atoms with Crippen molar-refractivity contribution in [3.8, 4) is 11.3 Å². The Morgan fingerprint density at radius 2 is 2.04 bits per heavy atom. The molecule has 0 saturated heterocycles. The minimum Gasteiger partial charge on any atom is -0.308 e. The standard InChI is InChI=1S/C17H21N3OS.ClH/c1-2-12-5-7-14(8-6-12)15-11-22-17(19-15)20-16(21)10-18-9-13-3-4-13;/h5-8,11,13,18H,2-4,9-10H2,1H3,(H,19,20,21);1H. The van der Waals surface area contributed by atoms with Crippen LogP contribution in [0.4, 0.5) is 5.13 Å². The number of aromatic nitrogens is 1. The quantitative estimate of drug-likeness (QED) is 0.799. The summed E-state index contributed by atoms with van der Waals surface area (Å²) in [4.78, 5) is 16.3. The Balaban J connectivity index is 0.00000192. The number of rotatable bonds is 7. The lowest BCUT2D eigenvalue weighted by Gasteiger charge is -2.03. The first-order chi connectivity index (χ1) is 10.7. The normalized spacial score (nSPS) is 13.4. The fourth-order valence-corrected chi connectivity index (χ4v) is 2.99. The molecule has 1 saturated carbocycles. The van der Waals surface area contributed by atoms with Gasteiger partial charge in [-0.1, -0.05) is 31.2 Å². The number of hydrogen-bond acceptors (Lipinski definition) is 4. The van der Waals surface area contributed by atoms with Gasteiger partial charge in [-0.25, -0.2) is 4.98 Å². The van der Waals surface area contributed by atoms with Gasteiger partial charge in [0.1, 0.15) is 0 Å². The Bertz CT molecular complexity index is 638. The van der Waals surface area contributed by atoms with Gasteiger partial charge in [-0.2, -0.15) is 0 Å². The topological polar surface area (TPSA) is 54.0 Å². The van der Waals surface area contributed by atoms with Crippen molar-refractivity contribution in [2.45, 2.75) is 26.2 Å². The van der Waals surface area contributed by atoms with Gasteiger partial charge in [0.2, 0.25) is 5.91 Å². The number of halogens is 1. The van der Waals surface area contributed by atoms with Crippen molar-refractivity contribution in [2.75, 3.05) is 18.4 Å².